The lowest BCUT2D eigenvalue weighted by Gasteiger charge is -2.05. The zero-order valence-corrected chi connectivity index (χ0v) is 6.97. The summed E-state index contributed by atoms with van der Waals surface area (Å²) in [6.07, 6.45) is 0.273. The Bertz CT molecular complexity index is 294. The molecule has 0 aliphatic carbocycles. The van der Waals surface area contributed by atoms with Crippen molar-refractivity contribution in [1.82, 2.24) is 0 Å². The van der Waals surface area contributed by atoms with Crippen LogP contribution in [0.3, 0.4) is 0 Å². The summed E-state index contributed by atoms with van der Waals surface area (Å²) in [5, 5.41) is 17.5. The van der Waals surface area contributed by atoms with Crippen molar-refractivity contribution in [2.75, 3.05) is 0 Å². The van der Waals surface area contributed by atoms with Crippen molar-refractivity contribution in [3.05, 3.63) is 29.8 Å². The van der Waals surface area contributed by atoms with Crippen LogP contribution in [0.15, 0.2) is 24.3 Å². The van der Waals surface area contributed by atoms with E-state index in [9.17, 15) is 4.79 Å². The maximum Gasteiger partial charge on any atom is 0.320 e. The molecule has 1 aromatic carbocycles. The van der Waals surface area contributed by atoms with Gasteiger partial charge in [-0.05, 0) is 24.1 Å². The Morgan fingerprint density at radius 1 is 1.38 bits per heavy atom. The minimum Gasteiger partial charge on any atom is -0.508 e. The maximum absolute atomic E-state index is 10.4. The van der Waals surface area contributed by atoms with E-state index in [1.807, 2.05) is 0 Å². The van der Waals surface area contributed by atoms with Crippen LogP contribution in [0, 0.1) is 0 Å². The van der Waals surface area contributed by atoms with Gasteiger partial charge in [0.2, 0.25) is 0 Å². The molecule has 0 aliphatic heterocycles. The van der Waals surface area contributed by atoms with Crippen LogP contribution in [0.5, 0.6) is 5.75 Å². The van der Waals surface area contributed by atoms with Crippen molar-refractivity contribution in [1.29, 1.82) is 0 Å². The molecule has 4 N–H and O–H groups in total. The van der Waals surface area contributed by atoms with E-state index in [0.717, 1.165) is 5.56 Å². The number of phenols is 1. The summed E-state index contributed by atoms with van der Waals surface area (Å²) in [5.74, 6) is -0.860. The van der Waals surface area contributed by atoms with E-state index in [2.05, 4.69) is 0 Å². The van der Waals surface area contributed by atoms with Crippen molar-refractivity contribution in [3.63, 3.8) is 0 Å². The molecule has 1 rings (SSSR count). The van der Waals surface area contributed by atoms with Crippen molar-refractivity contribution in [3.8, 4) is 5.75 Å². The Labute approximate surface area is 75.6 Å². The third-order valence-corrected chi connectivity index (χ3v) is 1.71. The molecule has 0 spiro atoms. The molecular formula is C9H11NO3. The van der Waals surface area contributed by atoms with E-state index in [-0.39, 0.29) is 12.2 Å². The molecule has 0 bridgehead atoms. The molecule has 0 fully saturated rings. The van der Waals surface area contributed by atoms with E-state index in [1.165, 1.54) is 12.1 Å². The maximum atomic E-state index is 10.4. The fraction of sp³-hybridized carbons (Fsp3) is 0.222. The molecule has 1 atom stereocenters. The quantitative estimate of drug-likeness (QED) is 0.589. The number of carbonyl (C=O) groups is 1. The number of aliphatic carboxylic acids is 1. The number of benzene rings is 1. The highest BCUT2D eigenvalue weighted by molar-refractivity contribution is 5.73. The Hall–Kier alpha value is -1.55. The van der Waals surface area contributed by atoms with Gasteiger partial charge in [0.25, 0.3) is 0 Å². The van der Waals surface area contributed by atoms with Crippen molar-refractivity contribution in [2.45, 2.75) is 12.5 Å². The molecule has 0 saturated carbocycles. The molecule has 4 heteroatoms. The Morgan fingerprint density at radius 2 is 1.92 bits per heavy atom. The zero-order valence-electron chi connectivity index (χ0n) is 6.97. The fourth-order valence-corrected chi connectivity index (χ4v) is 0.973. The number of carboxylic acids is 1. The zero-order chi connectivity index (χ0) is 9.84. The largest absolute Gasteiger partial charge is 0.508 e. The third-order valence-electron chi connectivity index (χ3n) is 1.71. The van der Waals surface area contributed by atoms with Crippen LogP contribution >= 0.6 is 0 Å². The van der Waals surface area contributed by atoms with E-state index < -0.39 is 12.0 Å². The molecule has 0 aromatic heterocycles. The highest BCUT2D eigenvalue weighted by Crippen LogP contribution is 2.10. The van der Waals surface area contributed by atoms with Crippen LogP contribution in [-0.4, -0.2) is 22.2 Å². The first kappa shape index (κ1) is 9.54. The van der Waals surface area contributed by atoms with E-state index in [0.29, 0.717) is 0 Å². The molecule has 0 aliphatic rings. The number of aromatic hydroxyl groups is 1. The molecule has 0 amide bonds. The van der Waals surface area contributed by atoms with E-state index >= 15 is 0 Å². The van der Waals surface area contributed by atoms with Gasteiger partial charge in [-0.1, -0.05) is 12.1 Å². The van der Waals surface area contributed by atoms with Crippen molar-refractivity contribution >= 4 is 5.97 Å². The number of phenolic OH excluding ortho intramolecular Hbond substituents is 1. The van der Waals surface area contributed by atoms with Gasteiger partial charge in [-0.25, -0.2) is 0 Å². The summed E-state index contributed by atoms with van der Waals surface area (Å²) in [6.45, 7) is 0. The van der Waals surface area contributed by atoms with Crippen LogP contribution in [0.2, 0.25) is 0 Å². The van der Waals surface area contributed by atoms with Gasteiger partial charge in [-0.3, -0.25) is 4.79 Å². The summed E-state index contributed by atoms with van der Waals surface area (Å²) < 4.78 is 0. The number of carboxylic acid groups (broad SMARTS) is 1. The molecule has 70 valence electrons. The summed E-state index contributed by atoms with van der Waals surface area (Å²) in [7, 11) is 0. The van der Waals surface area contributed by atoms with Gasteiger partial charge in [-0.2, -0.15) is 0 Å². The van der Waals surface area contributed by atoms with Gasteiger partial charge in [0.15, 0.2) is 0 Å². The van der Waals surface area contributed by atoms with Gasteiger partial charge in [-0.15, -0.1) is 0 Å². The molecule has 0 saturated heterocycles. The second-order valence-electron chi connectivity index (χ2n) is 2.82. The predicted octanol–water partition coefficient (Wildman–Crippen LogP) is 0.347. The normalized spacial score (nSPS) is 12.4. The Balaban J connectivity index is 2.64. The Morgan fingerprint density at radius 3 is 2.38 bits per heavy atom. The highest BCUT2D eigenvalue weighted by atomic mass is 16.4. The minimum absolute atomic E-state index is 0.160. The van der Waals surface area contributed by atoms with E-state index in [4.69, 9.17) is 15.9 Å². The summed E-state index contributed by atoms with van der Waals surface area (Å²) >= 11 is 0. The summed E-state index contributed by atoms with van der Waals surface area (Å²) in [6, 6.07) is 5.42. The number of hydrogen-bond donors (Lipinski definition) is 3. The average molecular weight is 182 g/mol. The minimum atomic E-state index is -1.02. The highest BCUT2D eigenvalue weighted by Gasteiger charge is 2.11. The topological polar surface area (TPSA) is 83.5 Å². The van der Waals surface area contributed by atoms with Gasteiger partial charge >= 0.3 is 5.97 Å². The number of nitrogens with two attached hydrogens (primary N) is 1. The third kappa shape index (κ3) is 2.76. The number of hydrogen-bond acceptors (Lipinski definition) is 3. The van der Waals surface area contributed by atoms with Gasteiger partial charge in [0, 0.05) is 0 Å². The standard InChI is InChI=1S/C9H11NO3/c10-8(9(12)13)5-6-1-3-7(11)4-2-6/h1-4,8,11H,5,10H2,(H,12,13)/t8-/m0/s1/i8+1. The molecule has 4 nitrogen and oxygen atoms in total. The molecule has 0 unspecified atom stereocenters. The first-order valence-corrected chi connectivity index (χ1v) is 3.86. The molecule has 1 aromatic rings. The van der Waals surface area contributed by atoms with Crippen molar-refractivity contribution in [2.24, 2.45) is 5.73 Å². The lowest BCUT2D eigenvalue weighted by Crippen LogP contribution is -2.32. The number of rotatable bonds is 3. The van der Waals surface area contributed by atoms with Crippen LogP contribution < -0.4 is 5.73 Å². The molecular weight excluding hydrogens is 171 g/mol. The first-order valence-electron chi connectivity index (χ1n) is 3.86. The lowest BCUT2D eigenvalue weighted by atomic mass is 10.2. The van der Waals surface area contributed by atoms with Gasteiger partial charge in [0.1, 0.15) is 11.8 Å². The summed E-state index contributed by atoms with van der Waals surface area (Å²) in [5.41, 5.74) is 6.12. The second-order valence-corrected chi connectivity index (χ2v) is 2.82. The molecule has 13 heavy (non-hydrogen) atoms. The second kappa shape index (κ2) is 3.91. The van der Waals surface area contributed by atoms with Gasteiger partial charge in [0.05, 0.1) is 0 Å². The van der Waals surface area contributed by atoms with Crippen LogP contribution in [0.4, 0.5) is 0 Å². The SMILES string of the molecule is N[13C@@H](Cc1ccc(O)cc1)C(=O)O. The average Bonchev–Trinajstić information content (AvgIpc) is 2.08. The lowest BCUT2D eigenvalue weighted by molar-refractivity contribution is -0.138. The van der Waals surface area contributed by atoms with Crippen LogP contribution in [0.1, 0.15) is 5.56 Å². The van der Waals surface area contributed by atoms with Crippen molar-refractivity contribution < 1.29 is 15.0 Å². The fourth-order valence-electron chi connectivity index (χ4n) is 0.973. The summed E-state index contributed by atoms with van der Waals surface area (Å²) in [4.78, 5) is 10.4. The first-order chi connectivity index (χ1) is 6.09. The van der Waals surface area contributed by atoms with Gasteiger partial charge < -0.3 is 15.9 Å². The molecule has 0 radical (unpaired) electrons. The Kier molecular flexibility index (Phi) is 2.87. The molecule has 0 heterocycles. The van der Waals surface area contributed by atoms with E-state index in [1.54, 1.807) is 12.1 Å². The monoisotopic (exact) mass is 182 g/mol. The van der Waals surface area contributed by atoms with Crippen LogP contribution in [-0.2, 0) is 11.2 Å². The smallest absolute Gasteiger partial charge is 0.320 e. The van der Waals surface area contributed by atoms with Crippen LogP contribution in [0.25, 0.3) is 0 Å². The predicted molar refractivity (Wildman–Crippen MR) is 47.4 cm³/mol.